The molecule has 245 valence electrons. The van der Waals surface area contributed by atoms with Gasteiger partial charge in [-0.3, -0.25) is 9.97 Å². The maximum Gasteiger partial charge on any atom is 0.0889 e. The van der Waals surface area contributed by atoms with Gasteiger partial charge < -0.3 is 15.1 Å². The molecule has 3 atom stereocenters. The van der Waals surface area contributed by atoms with Crippen LogP contribution in [-0.2, 0) is 32.9 Å². The summed E-state index contributed by atoms with van der Waals surface area (Å²) < 4.78 is 0. The minimum Gasteiger partial charge on any atom is -0.396 e. The Kier molecular flexibility index (Phi) is 12.5. The topological polar surface area (TPSA) is 71.8 Å². The molecule has 0 aliphatic heterocycles. The smallest absolute Gasteiger partial charge is 0.0889 e. The Bertz CT molecular complexity index is 1750. The standard InChI is InChI=1S/C18H20N2O.2C12H10N.Ir/c21-11-16-14-6-4-12-9-18(17-3-1-2-8-19-17)20-10-13(12)5-7-15(14)16;2*1-10-5-7-11(8-6-10)12-4-2-3-9-13-12;/h1-3,8-10,14-16,21H,4-7,11H2;2*2-7,9H,1H3;/q;2*-1;/t14-,15+,16-;;;/m0.../s1. The molecular formula is C42H40IrN4O-2. The van der Waals surface area contributed by atoms with Gasteiger partial charge in [-0.2, -0.15) is 0 Å². The number of fused-ring (bicyclic) bond motifs is 2. The summed E-state index contributed by atoms with van der Waals surface area (Å²) >= 11 is 0. The van der Waals surface area contributed by atoms with Crippen molar-refractivity contribution in [3.8, 4) is 33.9 Å². The Morgan fingerprint density at radius 3 is 1.54 bits per heavy atom. The van der Waals surface area contributed by atoms with Crippen LogP contribution in [0.2, 0.25) is 0 Å². The maximum absolute atomic E-state index is 9.41. The molecule has 8 rings (SSSR count). The average molecular weight is 809 g/mol. The molecule has 2 aliphatic rings. The fraction of sp³-hybridized carbons (Fsp3) is 0.238. The third kappa shape index (κ3) is 9.17. The fourth-order valence-electron chi connectivity index (χ4n) is 6.30. The summed E-state index contributed by atoms with van der Waals surface area (Å²) in [6.07, 6.45) is 12.1. The van der Waals surface area contributed by atoms with Crippen molar-refractivity contribution in [3.05, 3.63) is 156 Å². The van der Waals surface area contributed by atoms with Gasteiger partial charge in [-0.05, 0) is 96.3 Å². The third-order valence-electron chi connectivity index (χ3n) is 9.04. The molecule has 6 heteroatoms. The summed E-state index contributed by atoms with van der Waals surface area (Å²) in [5, 5.41) is 9.41. The number of rotatable bonds is 4. The Hall–Kier alpha value is -4.35. The molecule has 0 unspecified atom stereocenters. The number of pyridine rings is 4. The summed E-state index contributed by atoms with van der Waals surface area (Å²) in [6.45, 7) is 4.47. The zero-order chi connectivity index (χ0) is 32.4. The van der Waals surface area contributed by atoms with E-state index in [4.69, 9.17) is 0 Å². The first-order chi connectivity index (χ1) is 23.1. The van der Waals surface area contributed by atoms with E-state index >= 15 is 0 Å². The van der Waals surface area contributed by atoms with Crippen molar-refractivity contribution in [3.63, 3.8) is 0 Å². The van der Waals surface area contributed by atoms with E-state index in [0.29, 0.717) is 12.5 Å². The van der Waals surface area contributed by atoms with Crippen molar-refractivity contribution < 1.29 is 25.2 Å². The van der Waals surface area contributed by atoms with Crippen LogP contribution in [0, 0.1) is 43.7 Å². The van der Waals surface area contributed by atoms with E-state index in [9.17, 15) is 5.11 Å². The maximum atomic E-state index is 9.41. The van der Waals surface area contributed by atoms with Crippen molar-refractivity contribution in [2.24, 2.45) is 17.8 Å². The van der Waals surface area contributed by atoms with E-state index in [2.05, 4.69) is 64.1 Å². The van der Waals surface area contributed by atoms with Crippen LogP contribution in [0.5, 0.6) is 0 Å². The molecule has 48 heavy (non-hydrogen) atoms. The summed E-state index contributed by atoms with van der Waals surface area (Å²) in [7, 11) is 0. The molecule has 0 amide bonds. The van der Waals surface area contributed by atoms with Gasteiger partial charge in [0.25, 0.3) is 0 Å². The molecular weight excluding hydrogens is 769 g/mol. The number of aryl methyl sites for hydroxylation is 4. The van der Waals surface area contributed by atoms with Crippen molar-refractivity contribution in [1.29, 1.82) is 0 Å². The van der Waals surface area contributed by atoms with Crippen molar-refractivity contribution >= 4 is 0 Å². The molecule has 4 heterocycles. The second-order valence-corrected chi connectivity index (χ2v) is 12.3. The molecule has 2 aromatic carbocycles. The monoisotopic (exact) mass is 809 g/mol. The van der Waals surface area contributed by atoms with Crippen molar-refractivity contribution in [1.82, 2.24) is 19.9 Å². The van der Waals surface area contributed by atoms with Crippen LogP contribution in [0.25, 0.3) is 33.9 Å². The van der Waals surface area contributed by atoms with Gasteiger partial charge >= 0.3 is 0 Å². The van der Waals surface area contributed by atoms with Gasteiger partial charge in [0.15, 0.2) is 0 Å². The molecule has 2 aliphatic carbocycles. The van der Waals surface area contributed by atoms with Crippen LogP contribution < -0.4 is 0 Å². The average Bonchev–Trinajstić information content (AvgIpc) is 3.81. The van der Waals surface area contributed by atoms with E-state index in [1.807, 2.05) is 91.3 Å². The number of aromatic nitrogens is 4. The molecule has 1 saturated carbocycles. The van der Waals surface area contributed by atoms with Crippen LogP contribution in [0.4, 0.5) is 0 Å². The summed E-state index contributed by atoms with van der Waals surface area (Å²) in [5.74, 6) is 2.05. The minimum atomic E-state index is 0. The second kappa shape index (κ2) is 17.2. The largest absolute Gasteiger partial charge is 0.396 e. The van der Waals surface area contributed by atoms with Crippen molar-refractivity contribution in [2.75, 3.05) is 6.61 Å². The zero-order valence-corrected chi connectivity index (χ0v) is 29.8. The number of hydrogen-bond acceptors (Lipinski definition) is 5. The predicted molar refractivity (Wildman–Crippen MR) is 188 cm³/mol. The Balaban J connectivity index is 0.000000146. The Morgan fingerprint density at radius 2 is 1.10 bits per heavy atom. The van der Waals surface area contributed by atoms with Gasteiger partial charge in [0, 0.05) is 51.5 Å². The van der Waals surface area contributed by atoms with Crippen molar-refractivity contribution in [2.45, 2.75) is 39.5 Å². The van der Waals surface area contributed by atoms with Gasteiger partial charge in [0.2, 0.25) is 0 Å². The SMILES string of the molecule is Cc1c[c-]c(-c2ccccn2)cc1.Cc1c[c-]c(-c2ccccn2)cc1.OC[C@H]1[C@H]2CCc3cc(-c4ccccn4)ncc3CC[C@@H]12.[Ir]. The van der Waals surface area contributed by atoms with E-state index < -0.39 is 0 Å². The quantitative estimate of drug-likeness (QED) is 0.181. The normalized spacial score (nSPS) is 17.3. The van der Waals surface area contributed by atoms with E-state index in [-0.39, 0.29) is 20.1 Å². The number of hydrogen-bond donors (Lipinski definition) is 1. The Labute approximate surface area is 298 Å². The Morgan fingerprint density at radius 1 is 0.604 bits per heavy atom. The first-order valence-corrected chi connectivity index (χ1v) is 16.4. The third-order valence-corrected chi connectivity index (χ3v) is 9.04. The van der Waals surface area contributed by atoms with Gasteiger partial charge in [-0.15, -0.1) is 70.8 Å². The molecule has 1 N–H and O–H groups in total. The number of benzene rings is 2. The van der Waals surface area contributed by atoms with Gasteiger partial charge in [-0.25, -0.2) is 0 Å². The number of aliphatic hydroxyl groups is 1. The fourth-order valence-corrected chi connectivity index (χ4v) is 6.30. The van der Waals surface area contributed by atoms with Crippen LogP contribution in [0.15, 0.2) is 122 Å². The molecule has 4 aromatic heterocycles. The summed E-state index contributed by atoms with van der Waals surface area (Å²) in [6, 6.07) is 38.5. The summed E-state index contributed by atoms with van der Waals surface area (Å²) in [4.78, 5) is 17.5. The first-order valence-electron chi connectivity index (χ1n) is 16.4. The first kappa shape index (κ1) is 35.0. The molecule has 0 spiro atoms. The number of aliphatic hydroxyl groups excluding tert-OH is 1. The summed E-state index contributed by atoms with van der Waals surface area (Å²) in [5.41, 5.74) is 11.2. The van der Waals surface area contributed by atoms with Crippen LogP contribution in [0.1, 0.15) is 35.1 Å². The van der Waals surface area contributed by atoms with Gasteiger partial charge in [-0.1, -0.05) is 44.2 Å². The van der Waals surface area contributed by atoms with Crippen LogP contribution in [0.3, 0.4) is 0 Å². The predicted octanol–water partition coefficient (Wildman–Crippen LogP) is 8.59. The van der Waals surface area contributed by atoms with Crippen LogP contribution in [-0.4, -0.2) is 31.6 Å². The zero-order valence-electron chi connectivity index (χ0n) is 27.4. The van der Waals surface area contributed by atoms with Gasteiger partial charge in [0.1, 0.15) is 0 Å². The van der Waals surface area contributed by atoms with Gasteiger partial charge in [0.05, 0.1) is 11.4 Å². The minimum absolute atomic E-state index is 0. The molecule has 0 bridgehead atoms. The van der Waals surface area contributed by atoms with E-state index in [1.165, 1.54) is 35.1 Å². The molecule has 5 nitrogen and oxygen atoms in total. The molecule has 6 aromatic rings. The number of nitrogens with zero attached hydrogens (tertiary/aromatic N) is 4. The molecule has 0 saturated heterocycles. The van der Waals surface area contributed by atoms with E-state index in [0.717, 1.165) is 58.6 Å². The molecule has 1 fully saturated rings. The second-order valence-electron chi connectivity index (χ2n) is 12.3. The molecule has 1 radical (unpaired) electrons. The van der Waals surface area contributed by atoms with Crippen LogP contribution >= 0.6 is 0 Å². The van der Waals surface area contributed by atoms with E-state index in [1.54, 1.807) is 12.4 Å².